The van der Waals surface area contributed by atoms with Crippen LogP contribution in [-0.2, 0) is 9.84 Å². The van der Waals surface area contributed by atoms with Crippen molar-refractivity contribution in [2.75, 3.05) is 12.8 Å². The maximum Gasteiger partial charge on any atom is 0.154 e. The molecule has 0 fully saturated rings. The van der Waals surface area contributed by atoms with Crippen molar-refractivity contribution in [2.24, 2.45) is 5.92 Å². The molecule has 98 valence electrons. The molecule has 0 heterocycles. The summed E-state index contributed by atoms with van der Waals surface area (Å²) in [5, 5.41) is 3.33. The molecule has 0 aromatic carbocycles. The molecule has 0 spiro atoms. The van der Waals surface area contributed by atoms with Crippen LogP contribution in [0.4, 0.5) is 0 Å². The number of hydrogen-bond acceptors (Lipinski definition) is 3. The van der Waals surface area contributed by atoms with E-state index in [2.05, 4.69) is 19.2 Å². The van der Waals surface area contributed by atoms with Crippen molar-refractivity contribution < 1.29 is 8.42 Å². The van der Waals surface area contributed by atoms with Crippen LogP contribution < -0.4 is 5.32 Å². The second kappa shape index (κ2) is 6.01. The Balaban J connectivity index is 5.04. The molecule has 0 bridgehead atoms. The molecule has 0 radical (unpaired) electrons. The molecule has 0 aliphatic carbocycles. The van der Waals surface area contributed by atoms with E-state index in [1.807, 2.05) is 20.8 Å². The molecule has 0 aromatic rings. The van der Waals surface area contributed by atoms with Crippen LogP contribution >= 0.6 is 0 Å². The van der Waals surface area contributed by atoms with Gasteiger partial charge in [0.25, 0.3) is 0 Å². The fourth-order valence-electron chi connectivity index (χ4n) is 2.20. The summed E-state index contributed by atoms with van der Waals surface area (Å²) in [5.41, 5.74) is 0. The van der Waals surface area contributed by atoms with Crippen molar-refractivity contribution in [3.05, 3.63) is 0 Å². The van der Waals surface area contributed by atoms with Gasteiger partial charge in [-0.1, -0.05) is 27.2 Å². The van der Waals surface area contributed by atoms with Gasteiger partial charge in [0.2, 0.25) is 0 Å². The summed E-state index contributed by atoms with van der Waals surface area (Å²) < 4.78 is 23.0. The Kier molecular flexibility index (Phi) is 5.98. The first kappa shape index (κ1) is 15.9. The van der Waals surface area contributed by atoms with Gasteiger partial charge >= 0.3 is 0 Å². The molecule has 2 atom stereocenters. The van der Waals surface area contributed by atoms with Crippen molar-refractivity contribution in [3.63, 3.8) is 0 Å². The minimum absolute atomic E-state index is 0.0208. The van der Waals surface area contributed by atoms with Crippen LogP contribution in [-0.4, -0.2) is 32.0 Å². The van der Waals surface area contributed by atoms with E-state index in [0.717, 1.165) is 19.4 Å². The molecular formula is C12H27NO2S. The van der Waals surface area contributed by atoms with Gasteiger partial charge in [-0.05, 0) is 32.7 Å². The first-order chi connectivity index (χ1) is 7.18. The number of rotatable bonds is 7. The normalized spacial score (nSPS) is 17.1. The summed E-state index contributed by atoms with van der Waals surface area (Å²) >= 11 is 0. The Morgan fingerprint density at radius 2 is 1.75 bits per heavy atom. The fraction of sp³-hybridized carbons (Fsp3) is 1.00. The fourth-order valence-corrected chi connectivity index (χ4v) is 2.98. The van der Waals surface area contributed by atoms with E-state index >= 15 is 0 Å². The third kappa shape index (κ3) is 3.74. The van der Waals surface area contributed by atoms with Crippen molar-refractivity contribution in [1.29, 1.82) is 0 Å². The molecule has 0 aliphatic rings. The number of hydrogen-bond donors (Lipinski definition) is 1. The second-order valence-electron chi connectivity index (χ2n) is 5.18. The average Bonchev–Trinajstić information content (AvgIpc) is 2.12. The molecule has 0 rings (SSSR count). The first-order valence-corrected chi connectivity index (χ1v) is 8.00. The largest absolute Gasteiger partial charge is 0.312 e. The van der Waals surface area contributed by atoms with E-state index in [9.17, 15) is 8.42 Å². The molecule has 0 saturated heterocycles. The van der Waals surface area contributed by atoms with Crippen LogP contribution in [0.25, 0.3) is 0 Å². The van der Waals surface area contributed by atoms with Gasteiger partial charge < -0.3 is 5.32 Å². The Labute approximate surface area is 101 Å². The molecule has 3 nitrogen and oxygen atoms in total. The van der Waals surface area contributed by atoms with Gasteiger partial charge in [-0.3, -0.25) is 0 Å². The van der Waals surface area contributed by atoms with Gasteiger partial charge in [0.05, 0.1) is 4.75 Å². The van der Waals surface area contributed by atoms with Crippen LogP contribution in [0.15, 0.2) is 0 Å². The van der Waals surface area contributed by atoms with Gasteiger partial charge in [-0.15, -0.1) is 0 Å². The lowest BCUT2D eigenvalue weighted by Crippen LogP contribution is -2.54. The average molecular weight is 249 g/mol. The molecular weight excluding hydrogens is 222 g/mol. The molecule has 1 N–H and O–H groups in total. The summed E-state index contributed by atoms with van der Waals surface area (Å²) in [7, 11) is -3.05. The van der Waals surface area contributed by atoms with Crippen molar-refractivity contribution in [3.8, 4) is 0 Å². The highest BCUT2D eigenvalue weighted by Crippen LogP contribution is 2.27. The van der Waals surface area contributed by atoms with E-state index in [0.29, 0.717) is 5.92 Å². The highest BCUT2D eigenvalue weighted by molar-refractivity contribution is 7.92. The smallest absolute Gasteiger partial charge is 0.154 e. The Morgan fingerprint density at radius 1 is 1.25 bits per heavy atom. The minimum atomic E-state index is -3.05. The molecule has 4 heteroatoms. The van der Waals surface area contributed by atoms with Crippen LogP contribution in [0.5, 0.6) is 0 Å². The standard InChI is InChI=1S/C12H27NO2S/c1-7-9-10(3)11(13-8-2)12(4,5)16(6,14)15/h10-11,13H,7-9H2,1-6H3. The lowest BCUT2D eigenvalue weighted by molar-refractivity contribution is 0.301. The van der Waals surface area contributed by atoms with Gasteiger partial charge in [0.15, 0.2) is 9.84 Å². The van der Waals surface area contributed by atoms with E-state index < -0.39 is 14.6 Å². The lowest BCUT2D eigenvalue weighted by Gasteiger charge is -2.37. The van der Waals surface area contributed by atoms with Crippen LogP contribution in [0.3, 0.4) is 0 Å². The Morgan fingerprint density at radius 3 is 2.06 bits per heavy atom. The van der Waals surface area contributed by atoms with Crippen LogP contribution in [0.1, 0.15) is 47.5 Å². The van der Waals surface area contributed by atoms with Crippen LogP contribution in [0, 0.1) is 5.92 Å². The summed E-state index contributed by atoms with van der Waals surface area (Å²) in [6, 6.07) is 0.0208. The molecule has 16 heavy (non-hydrogen) atoms. The number of sulfone groups is 1. The zero-order valence-corrected chi connectivity index (χ0v) is 12.3. The highest BCUT2D eigenvalue weighted by Gasteiger charge is 2.40. The molecule has 0 aliphatic heterocycles. The molecule has 0 aromatic heterocycles. The maximum atomic E-state index is 11.8. The molecule has 0 amide bonds. The van der Waals surface area contributed by atoms with Crippen molar-refractivity contribution >= 4 is 9.84 Å². The van der Waals surface area contributed by atoms with Crippen molar-refractivity contribution in [2.45, 2.75) is 58.2 Å². The van der Waals surface area contributed by atoms with Crippen LogP contribution in [0.2, 0.25) is 0 Å². The molecule has 2 unspecified atom stereocenters. The minimum Gasteiger partial charge on any atom is -0.312 e. The summed E-state index contributed by atoms with van der Waals surface area (Å²) in [6.07, 6.45) is 3.47. The van der Waals surface area contributed by atoms with E-state index in [4.69, 9.17) is 0 Å². The predicted molar refractivity (Wildman–Crippen MR) is 70.5 cm³/mol. The monoisotopic (exact) mass is 249 g/mol. The van der Waals surface area contributed by atoms with Gasteiger partial charge in [-0.25, -0.2) is 8.42 Å². The SMILES string of the molecule is CCCC(C)C(NCC)C(C)(C)S(C)(=O)=O. The van der Waals surface area contributed by atoms with E-state index in [-0.39, 0.29) is 6.04 Å². The zero-order chi connectivity index (χ0) is 13.0. The van der Waals surface area contributed by atoms with Gasteiger partial charge in [0, 0.05) is 12.3 Å². The lowest BCUT2D eigenvalue weighted by atomic mass is 9.88. The molecule has 0 saturated carbocycles. The summed E-state index contributed by atoms with van der Waals surface area (Å²) in [4.78, 5) is 0. The third-order valence-corrected chi connectivity index (χ3v) is 5.61. The first-order valence-electron chi connectivity index (χ1n) is 6.11. The zero-order valence-electron chi connectivity index (χ0n) is 11.5. The quantitative estimate of drug-likeness (QED) is 0.752. The summed E-state index contributed by atoms with van der Waals surface area (Å²) in [6.45, 7) is 10.7. The second-order valence-corrected chi connectivity index (χ2v) is 7.77. The number of nitrogens with one attached hydrogen (secondary N) is 1. The van der Waals surface area contributed by atoms with E-state index in [1.165, 1.54) is 6.26 Å². The van der Waals surface area contributed by atoms with Gasteiger partial charge in [0.1, 0.15) is 0 Å². The Hall–Kier alpha value is -0.0900. The topological polar surface area (TPSA) is 46.2 Å². The maximum absolute atomic E-state index is 11.8. The van der Waals surface area contributed by atoms with Gasteiger partial charge in [-0.2, -0.15) is 0 Å². The van der Waals surface area contributed by atoms with Crippen molar-refractivity contribution in [1.82, 2.24) is 5.32 Å². The predicted octanol–water partition coefficient (Wildman–Crippen LogP) is 2.22. The third-order valence-electron chi connectivity index (χ3n) is 3.44. The Bertz CT molecular complexity index is 296. The summed E-state index contributed by atoms with van der Waals surface area (Å²) in [5.74, 6) is 0.370. The highest BCUT2D eigenvalue weighted by atomic mass is 32.2. The van der Waals surface area contributed by atoms with E-state index in [1.54, 1.807) is 0 Å².